The fourth-order valence-electron chi connectivity index (χ4n) is 8.20. The second-order valence-corrected chi connectivity index (χ2v) is 19.3. The molecule has 0 radical (unpaired) electrons. The predicted molar refractivity (Wildman–Crippen MR) is 206 cm³/mol. The maximum Gasteiger partial charge on any atom is 0.305 e. The summed E-state index contributed by atoms with van der Waals surface area (Å²) in [4.78, 5) is 11.6. The molecule has 0 aromatic heterocycles. The Morgan fingerprint density at radius 3 is 1.94 bits per heavy atom. The Morgan fingerprint density at radius 1 is 0.840 bits per heavy atom. The van der Waals surface area contributed by atoms with Crippen molar-refractivity contribution >= 4 is 24.7 Å². The lowest BCUT2D eigenvalue weighted by molar-refractivity contribution is -0.140. The van der Waals surface area contributed by atoms with Gasteiger partial charge in [0.15, 0.2) is 0 Å². The van der Waals surface area contributed by atoms with Crippen LogP contribution in [0, 0.1) is 17.3 Å². The van der Waals surface area contributed by atoms with Crippen LogP contribution in [-0.4, -0.2) is 50.9 Å². The van der Waals surface area contributed by atoms with Crippen LogP contribution in [0.5, 0.6) is 0 Å². The summed E-state index contributed by atoms with van der Waals surface area (Å²) in [6.45, 7) is 7.19. The predicted octanol–water partition coefficient (Wildman–Crippen LogP) is 7.74. The first-order valence-corrected chi connectivity index (χ1v) is 19.9. The van der Waals surface area contributed by atoms with E-state index < -0.39 is 19.8 Å². The Kier molecular flexibility index (Phi) is 12.7. The Labute approximate surface area is 300 Å². The third kappa shape index (κ3) is 8.38. The molecule has 5 rings (SSSR count). The zero-order valence-electron chi connectivity index (χ0n) is 30.1. The fourth-order valence-corrected chi connectivity index (χ4v) is 12.8. The normalized spacial score (nSPS) is 21.0. The molecule has 0 spiro atoms. The number of ether oxygens (including phenoxy) is 1. The van der Waals surface area contributed by atoms with Crippen LogP contribution in [0.15, 0.2) is 127 Å². The van der Waals surface area contributed by atoms with Gasteiger partial charge < -0.3 is 19.4 Å². The van der Waals surface area contributed by atoms with E-state index in [9.17, 15) is 15.0 Å². The molecule has 2 N–H and O–H groups in total. The second-order valence-electron chi connectivity index (χ2n) is 15.0. The summed E-state index contributed by atoms with van der Waals surface area (Å²) in [5.41, 5.74) is 2.94. The second kappa shape index (κ2) is 16.9. The lowest BCUT2D eigenvalue weighted by atomic mass is 9.70. The summed E-state index contributed by atoms with van der Waals surface area (Å²) >= 11 is 0. The van der Waals surface area contributed by atoms with Gasteiger partial charge in [-0.25, -0.2) is 0 Å². The van der Waals surface area contributed by atoms with Crippen LogP contribution in [0.4, 0.5) is 0 Å². The van der Waals surface area contributed by atoms with Crippen LogP contribution in [-0.2, 0) is 20.4 Å². The van der Waals surface area contributed by atoms with Crippen molar-refractivity contribution in [2.75, 3.05) is 20.3 Å². The minimum atomic E-state index is -2.84. The minimum absolute atomic E-state index is 0.0219. The Morgan fingerprint density at radius 2 is 1.40 bits per heavy atom. The number of methoxy groups -OCH3 is 1. The van der Waals surface area contributed by atoms with Crippen LogP contribution in [0.25, 0.3) is 11.1 Å². The molecule has 6 heteroatoms. The standard InChI is InChI=1S/C44H54O5Si/c1-43(2,3)50(37-20-12-8-13-21-37,38-22-14-9-15-23-38)49-32-39-40(24-16-5-6-17-25-42(47)48-4)44(33-45,31-41(39)46)30-34-26-28-36(29-27-34)35-18-10-7-11-19-35/h5,7-16,18-23,26-29,39-41,45-46H,6,17,24-25,30-33H2,1-4H3/b16-5-/t39-,40-,41-,44-/m1/s1. The highest BCUT2D eigenvalue weighted by atomic mass is 28.4. The van der Waals surface area contributed by atoms with E-state index in [1.165, 1.54) is 23.0 Å². The van der Waals surface area contributed by atoms with Crippen molar-refractivity contribution in [3.05, 3.63) is 133 Å². The molecule has 0 saturated heterocycles. The molecule has 0 heterocycles. The molecule has 1 aliphatic carbocycles. The van der Waals surface area contributed by atoms with Crippen molar-refractivity contribution in [2.24, 2.45) is 17.3 Å². The topological polar surface area (TPSA) is 76.0 Å². The number of hydrogen-bond acceptors (Lipinski definition) is 5. The van der Waals surface area contributed by atoms with Crippen molar-refractivity contribution in [3.63, 3.8) is 0 Å². The SMILES string of the molecule is COC(=O)CCC/C=C\C[C@@H]1[C@@H](CO[Si](c2ccccc2)(c2ccccc2)C(C)(C)C)[C@H](O)C[C@@]1(CO)Cc1ccc(-c2ccccc2)cc1. The highest BCUT2D eigenvalue weighted by Gasteiger charge is 2.55. The number of hydrogen-bond donors (Lipinski definition) is 2. The zero-order chi connectivity index (χ0) is 35.6. The molecular formula is C44H54O5Si. The van der Waals surface area contributed by atoms with Gasteiger partial charge in [-0.1, -0.05) is 148 Å². The first-order chi connectivity index (χ1) is 24.1. The first-order valence-electron chi connectivity index (χ1n) is 18.0. The maximum atomic E-state index is 11.9. The Bertz CT molecular complexity index is 1610. The van der Waals surface area contributed by atoms with Crippen molar-refractivity contribution in [1.82, 2.24) is 0 Å². The van der Waals surface area contributed by atoms with Gasteiger partial charge in [0.2, 0.25) is 0 Å². The van der Waals surface area contributed by atoms with Crippen molar-refractivity contribution in [3.8, 4) is 11.1 Å². The molecule has 0 bridgehead atoms. The molecule has 264 valence electrons. The molecular weight excluding hydrogens is 637 g/mol. The zero-order valence-corrected chi connectivity index (χ0v) is 31.1. The van der Waals surface area contributed by atoms with Crippen molar-refractivity contribution in [2.45, 2.75) is 70.4 Å². The van der Waals surface area contributed by atoms with E-state index in [0.717, 1.165) is 24.0 Å². The van der Waals surface area contributed by atoms with Crippen LogP contribution < -0.4 is 10.4 Å². The smallest absolute Gasteiger partial charge is 0.305 e. The van der Waals surface area contributed by atoms with E-state index in [1.807, 2.05) is 30.3 Å². The molecule has 1 fully saturated rings. The molecule has 5 nitrogen and oxygen atoms in total. The van der Waals surface area contributed by atoms with Crippen LogP contribution in [0.1, 0.15) is 58.4 Å². The average molecular weight is 691 g/mol. The van der Waals surface area contributed by atoms with E-state index in [2.05, 4.69) is 118 Å². The Balaban J connectivity index is 1.46. The summed E-state index contributed by atoms with van der Waals surface area (Å²) in [6, 6.07) is 40.2. The van der Waals surface area contributed by atoms with Crippen LogP contribution in [0.2, 0.25) is 5.04 Å². The number of esters is 1. The molecule has 4 aromatic carbocycles. The van der Waals surface area contributed by atoms with Gasteiger partial charge in [-0.3, -0.25) is 4.79 Å². The van der Waals surface area contributed by atoms with Gasteiger partial charge in [0.1, 0.15) is 0 Å². The number of aliphatic hydroxyl groups excluding tert-OH is 2. The highest BCUT2D eigenvalue weighted by Crippen LogP contribution is 2.52. The number of aliphatic hydroxyl groups is 2. The molecule has 1 saturated carbocycles. The lowest BCUT2D eigenvalue weighted by Crippen LogP contribution is -2.67. The van der Waals surface area contributed by atoms with Gasteiger partial charge in [0.05, 0.1) is 13.2 Å². The van der Waals surface area contributed by atoms with Gasteiger partial charge in [-0.15, -0.1) is 0 Å². The van der Waals surface area contributed by atoms with Crippen molar-refractivity contribution in [1.29, 1.82) is 0 Å². The van der Waals surface area contributed by atoms with E-state index >= 15 is 0 Å². The first kappa shape index (κ1) is 37.4. The lowest BCUT2D eigenvalue weighted by Gasteiger charge is -2.44. The summed E-state index contributed by atoms with van der Waals surface area (Å²) < 4.78 is 12.2. The quantitative estimate of drug-likeness (QED) is 0.0578. The summed E-state index contributed by atoms with van der Waals surface area (Å²) in [7, 11) is -1.43. The molecule has 0 amide bonds. The van der Waals surface area contributed by atoms with E-state index in [-0.39, 0.29) is 29.5 Å². The van der Waals surface area contributed by atoms with Gasteiger partial charge in [0.25, 0.3) is 8.32 Å². The monoisotopic (exact) mass is 690 g/mol. The van der Waals surface area contributed by atoms with Crippen molar-refractivity contribution < 1.29 is 24.2 Å². The average Bonchev–Trinajstić information content (AvgIpc) is 3.40. The maximum absolute atomic E-state index is 11.9. The number of allylic oxidation sites excluding steroid dienone is 2. The molecule has 1 aliphatic rings. The number of carbonyl (C=O) groups is 1. The number of unbranched alkanes of at least 4 members (excludes halogenated alkanes) is 1. The Hall–Kier alpha value is -3.81. The number of carbonyl (C=O) groups excluding carboxylic acids is 1. The van der Waals surface area contributed by atoms with E-state index in [4.69, 9.17) is 9.16 Å². The molecule has 4 aromatic rings. The summed E-state index contributed by atoms with van der Waals surface area (Å²) in [6.07, 6.45) is 7.41. The van der Waals surface area contributed by atoms with Crippen LogP contribution in [0.3, 0.4) is 0 Å². The molecule has 50 heavy (non-hydrogen) atoms. The van der Waals surface area contributed by atoms with Gasteiger partial charge in [0, 0.05) is 31.0 Å². The molecule has 4 atom stereocenters. The van der Waals surface area contributed by atoms with Gasteiger partial charge >= 0.3 is 5.97 Å². The summed E-state index contributed by atoms with van der Waals surface area (Å²) in [5, 5.41) is 25.4. The fraction of sp³-hybridized carbons (Fsp3) is 0.386. The van der Waals surface area contributed by atoms with Gasteiger partial charge in [-0.05, 0) is 70.1 Å². The molecule has 0 aliphatic heterocycles. The number of benzene rings is 4. The van der Waals surface area contributed by atoms with E-state index in [1.54, 1.807) is 0 Å². The van der Waals surface area contributed by atoms with E-state index in [0.29, 0.717) is 32.3 Å². The van der Waals surface area contributed by atoms with Gasteiger partial charge in [-0.2, -0.15) is 0 Å². The molecule has 0 unspecified atom stereocenters. The highest BCUT2D eigenvalue weighted by molar-refractivity contribution is 6.99. The number of rotatable bonds is 15. The van der Waals surface area contributed by atoms with Crippen LogP contribution >= 0.6 is 0 Å². The third-order valence-electron chi connectivity index (χ3n) is 10.8. The third-order valence-corrected chi connectivity index (χ3v) is 15.8. The minimum Gasteiger partial charge on any atom is -0.469 e. The summed E-state index contributed by atoms with van der Waals surface area (Å²) in [5.74, 6) is -0.395. The largest absolute Gasteiger partial charge is 0.469 e.